The molecule has 0 aliphatic carbocycles. The van der Waals surface area contributed by atoms with Gasteiger partial charge >= 0.3 is 5.38 Å². The molecule has 0 aliphatic heterocycles. The molecule has 80 valence electrons. The number of aryl methyl sites for hydroxylation is 1. The second-order valence-corrected chi connectivity index (χ2v) is 3.47. The van der Waals surface area contributed by atoms with Crippen LogP contribution in [0, 0.1) is 0 Å². The molecule has 1 rings (SSSR count). The predicted octanol–water partition coefficient (Wildman–Crippen LogP) is 1.64. The number of halogens is 3. The highest BCUT2D eigenvalue weighted by Gasteiger charge is 2.35. The molecule has 1 N–H and O–H groups in total. The normalized spacial score (nSPS) is 14.4. The summed E-state index contributed by atoms with van der Waals surface area (Å²) < 4.78 is 26.3. The number of hydrogen-bond donors (Lipinski definition) is 1. The van der Waals surface area contributed by atoms with Crippen molar-refractivity contribution in [3.05, 3.63) is 18.0 Å². The van der Waals surface area contributed by atoms with Gasteiger partial charge in [-0.25, -0.2) is 0 Å². The van der Waals surface area contributed by atoms with Gasteiger partial charge in [-0.05, 0) is 24.1 Å². The number of hydrogen-bond acceptors (Lipinski definition) is 2. The smallest absolute Gasteiger partial charge is 0.347 e. The molecule has 1 unspecified atom stereocenters. The maximum atomic E-state index is 12.4. The van der Waals surface area contributed by atoms with Gasteiger partial charge in [-0.1, -0.05) is 0 Å². The lowest BCUT2D eigenvalue weighted by molar-refractivity contribution is -0.0397. The Morgan fingerprint density at radius 3 is 2.79 bits per heavy atom. The fraction of sp³-hybridized carbons (Fsp3) is 0.625. The molecule has 0 amide bonds. The van der Waals surface area contributed by atoms with Crippen molar-refractivity contribution in [3.63, 3.8) is 0 Å². The highest BCUT2D eigenvalue weighted by molar-refractivity contribution is 6.22. The Kier molecular flexibility index (Phi) is 3.44. The average molecular weight is 225 g/mol. The summed E-state index contributed by atoms with van der Waals surface area (Å²) in [6.45, 7) is 2.54. The lowest BCUT2D eigenvalue weighted by atomic mass is 10.1. The Bertz CT molecular complexity index is 298. The molecule has 0 aliphatic rings. The van der Waals surface area contributed by atoms with E-state index in [2.05, 4.69) is 16.7 Å². The molecule has 6 heteroatoms. The van der Waals surface area contributed by atoms with Crippen LogP contribution >= 0.6 is 11.6 Å². The SMILES string of the molecule is CCn1cc(CC(O)C(F)(F)Cl)cn1. The van der Waals surface area contributed by atoms with Crippen molar-refractivity contribution in [2.75, 3.05) is 0 Å². The number of alkyl halides is 3. The van der Waals surface area contributed by atoms with Crippen molar-refractivity contribution < 1.29 is 13.9 Å². The third kappa shape index (κ3) is 2.92. The largest absolute Gasteiger partial charge is 0.385 e. The summed E-state index contributed by atoms with van der Waals surface area (Å²) in [6.07, 6.45) is 0.969. The van der Waals surface area contributed by atoms with Gasteiger partial charge in [-0.3, -0.25) is 4.68 Å². The van der Waals surface area contributed by atoms with Crippen LogP contribution in [0.15, 0.2) is 12.4 Å². The first-order valence-corrected chi connectivity index (χ1v) is 4.57. The average Bonchev–Trinajstić information content (AvgIpc) is 2.50. The molecule has 0 saturated heterocycles. The van der Waals surface area contributed by atoms with E-state index in [0.717, 1.165) is 0 Å². The first kappa shape index (κ1) is 11.4. The topological polar surface area (TPSA) is 38.0 Å². The summed E-state index contributed by atoms with van der Waals surface area (Å²) in [5.74, 6) is 0. The van der Waals surface area contributed by atoms with Crippen molar-refractivity contribution in [2.24, 2.45) is 0 Å². The Balaban J connectivity index is 2.60. The number of rotatable bonds is 4. The van der Waals surface area contributed by atoms with Crippen molar-refractivity contribution >= 4 is 11.6 Å². The van der Waals surface area contributed by atoms with Gasteiger partial charge in [0.15, 0.2) is 0 Å². The fourth-order valence-electron chi connectivity index (χ4n) is 1.02. The van der Waals surface area contributed by atoms with Crippen LogP contribution in [0.2, 0.25) is 0 Å². The van der Waals surface area contributed by atoms with E-state index in [1.54, 1.807) is 10.9 Å². The molecule has 14 heavy (non-hydrogen) atoms. The molecule has 0 aromatic carbocycles. The van der Waals surface area contributed by atoms with E-state index in [1.807, 2.05) is 6.92 Å². The minimum absolute atomic E-state index is 0.198. The van der Waals surface area contributed by atoms with Crippen molar-refractivity contribution in [3.8, 4) is 0 Å². The maximum absolute atomic E-state index is 12.4. The summed E-state index contributed by atoms with van der Waals surface area (Å²) >= 11 is 4.66. The van der Waals surface area contributed by atoms with Crippen LogP contribution < -0.4 is 0 Å². The maximum Gasteiger partial charge on any atom is 0.347 e. The molecular weight excluding hydrogens is 214 g/mol. The van der Waals surface area contributed by atoms with Gasteiger partial charge in [-0.2, -0.15) is 13.9 Å². The van der Waals surface area contributed by atoms with E-state index < -0.39 is 11.5 Å². The third-order valence-electron chi connectivity index (χ3n) is 1.82. The van der Waals surface area contributed by atoms with Crippen molar-refractivity contribution in [1.82, 2.24) is 9.78 Å². The van der Waals surface area contributed by atoms with Crippen LogP contribution in [0.1, 0.15) is 12.5 Å². The van der Waals surface area contributed by atoms with E-state index in [0.29, 0.717) is 12.1 Å². The van der Waals surface area contributed by atoms with Crippen molar-refractivity contribution in [2.45, 2.75) is 31.4 Å². The Morgan fingerprint density at radius 1 is 1.71 bits per heavy atom. The molecule has 0 radical (unpaired) electrons. The molecule has 0 bridgehead atoms. The lowest BCUT2D eigenvalue weighted by Gasteiger charge is -2.14. The molecular formula is C8H11ClF2N2O. The van der Waals surface area contributed by atoms with E-state index in [9.17, 15) is 8.78 Å². The van der Waals surface area contributed by atoms with Gasteiger partial charge in [-0.15, -0.1) is 0 Å². The molecule has 1 heterocycles. The van der Waals surface area contributed by atoms with Gasteiger partial charge in [0.1, 0.15) is 6.10 Å². The first-order chi connectivity index (χ1) is 6.43. The molecule has 1 aromatic rings. The molecule has 0 fully saturated rings. The highest BCUT2D eigenvalue weighted by atomic mass is 35.5. The predicted molar refractivity (Wildman–Crippen MR) is 48.4 cm³/mol. The summed E-state index contributed by atoms with van der Waals surface area (Å²) in [4.78, 5) is 0. The quantitative estimate of drug-likeness (QED) is 0.790. The van der Waals surface area contributed by atoms with E-state index >= 15 is 0 Å². The van der Waals surface area contributed by atoms with Crippen LogP contribution in [0.5, 0.6) is 0 Å². The molecule has 1 atom stereocenters. The fourth-order valence-corrected chi connectivity index (χ4v) is 1.10. The molecule has 1 aromatic heterocycles. The van der Waals surface area contributed by atoms with Crippen LogP contribution in [0.4, 0.5) is 8.78 Å². The third-order valence-corrected chi connectivity index (χ3v) is 2.07. The summed E-state index contributed by atoms with van der Waals surface area (Å²) in [5.41, 5.74) is 0.541. The van der Waals surface area contributed by atoms with Gasteiger partial charge in [0.25, 0.3) is 0 Å². The van der Waals surface area contributed by atoms with E-state index in [4.69, 9.17) is 5.11 Å². The van der Waals surface area contributed by atoms with Gasteiger partial charge < -0.3 is 5.11 Å². The highest BCUT2D eigenvalue weighted by Crippen LogP contribution is 2.25. The van der Waals surface area contributed by atoms with Crippen LogP contribution in [-0.2, 0) is 13.0 Å². The molecule has 3 nitrogen and oxygen atoms in total. The zero-order chi connectivity index (χ0) is 10.8. The lowest BCUT2D eigenvalue weighted by Crippen LogP contribution is -2.29. The number of nitrogens with zero attached hydrogens (tertiary/aromatic N) is 2. The zero-order valence-electron chi connectivity index (χ0n) is 7.62. The summed E-state index contributed by atoms with van der Waals surface area (Å²) in [7, 11) is 0. The van der Waals surface area contributed by atoms with Gasteiger partial charge in [0, 0.05) is 19.2 Å². The number of aromatic nitrogens is 2. The zero-order valence-corrected chi connectivity index (χ0v) is 8.38. The monoisotopic (exact) mass is 224 g/mol. The van der Waals surface area contributed by atoms with Crippen molar-refractivity contribution in [1.29, 1.82) is 0 Å². The van der Waals surface area contributed by atoms with Crippen LogP contribution in [-0.4, -0.2) is 26.4 Å². The minimum atomic E-state index is -3.59. The van der Waals surface area contributed by atoms with Gasteiger partial charge in [0.05, 0.1) is 6.20 Å². The first-order valence-electron chi connectivity index (χ1n) is 4.19. The standard InChI is InChI=1S/C8H11ClF2N2O/c1-2-13-5-6(4-12-13)3-7(14)8(9,10)11/h4-5,7,14H,2-3H2,1H3. The molecule has 0 spiro atoms. The Morgan fingerprint density at radius 2 is 2.36 bits per heavy atom. The summed E-state index contributed by atoms with van der Waals surface area (Å²) in [5, 5.41) is 9.30. The molecule has 0 saturated carbocycles. The van der Waals surface area contributed by atoms with Gasteiger partial charge in [0.2, 0.25) is 0 Å². The Labute approximate surface area is 85.3 Å². The van der Waals surface area contributed by atoms with Crippen LogP contribution in [0.3, 0.4) is 0 Å². The summed E-state index contributed by atoms with van der Waals surface area (Å²) in [6, 6.07) is 0. The number of aliphatic hydroxyl groups is 1. The second kappa shape index (κ2) is 4.23. The number of aliphatic hydroxyl groups excluding tert-OH is 1. The minimum Gasteiger partial charge on any atom is -0.385 e. The van der Waals surface area contributed by atoms with Crippen LogP contribution in [0.25, 0.3) is 0 Å². The van der Waals surface area contributed by atoms with E-state index in [1.165, 1.54) is 6.20 Å². The second-order valence-electron chi connectivity index (χ2n) is 2.97. The Hall–Kier alpha value is -0.680. The van der Waals surface area contributed by atoms with E-state index in [-0.39, 0.29) is 6.42 Å².